The number of anilines is 1. The Morgan fingerprint density at radius 3 is 2.85 bits per heavy atom. The highest BCUT2D eigenvalue weighted by Gasteiger charge is 2.15. The van der Waals surface area contributed by atoms with Gasteiger partial charge >= 0.3 is 0 Å². The zero-order chi connectivity index (χ0) is 13.9. The zero-order valence-electron chi connectivity index (χ0n) is 11.3. The highest BCUT2D eigenvalue weighted by atomic mass is 79.9. The van der Waals surface area contributed by atoms with Gasteiger partial charge in [0.05, 0.1) is 0 Å². The van der Waals surface area contributed by atoms with Crippen LogP contribution in [0, 0.1) is 6.92 Å². The van der Waals surface area contributed by atoms with E-state index in [-0.39, 0.29) is 0 Å². The van der Waals surface area contributed by atoms with Gasteiger partial charge in [0.1, 0.15) is 13.2 Å². The Hall–Kier alpha value is -1.68. The predicted molar refractivity (Wildman–Crippen MR) is 83.6 cm³/mol. The first-order valence-electron chi connectivity index (χ1n) is 6.61. The Morgan fingerprint density at radius 2 is 2.00 bits per heavy atom. The summed E-state index contributed by atoms with van der Waals surface area (Å²) in [4.78, 5) is 0. The molecule has 1 N–H and O–H groups in total. The second-order valence-electron chi connectivity index (χ2n) is 4.75. The van der Waals surface area contributed by atoms with Crippen LogP contribution in [0.2, 0.25) is 0 Å². The maximum atomic E-state index is 5.72. The lowest BCUT2D eigenvalue weighted by Gasteiger charge is -2.21. The van der Waals surface area contributed by atoms with E-state index in [2.05, 4.69) is 46.4 Å². The second kappa shape index (κ2) is 5.75. The molecule has 0 amide bonds. The molecule has 0 fully saturated rings. The van der Waals surface area contributed by atoms with E-state index < -0.39 is 0 Å². The average Bonchev–Trinajstić information content (AvgIpc) is 2.46. The van der Waals surface area contributed by atoms with Crippen molar-refractivity contribution >= 4 is 21.6 Å². The van der Waals surface area contributed by atoms with E-state index in [1.807, 2.05) is 18.2 Å². The minimum atomic E-state index is 0.612. The highest BCUT2D eigenvalue weighted by molar-refractivity contribution is 9.10. The van der Waals surface area contributed by atoms with Crippen molar-refractivity contribution in [1.82, 2.24) is 0 Å². The minimum Gasteiger partial charge on any atom is -0.486 e. The van der Waals surface area contributed by atoms with Crippen LogP contribution in [0.25, 0.3) is 0 Å². The Balaban J connectivity index is 1.78. The third-order valence-corrected chi connectivity index (χ3v) is 3.80. The Bertz CT molecular complexity index is 628. The summed E-state index contributed by atoms with van der Waals surface area (Å²) in [6.07, 6.45) is 0. The van der Waals surface area contributed by atoms with Gasteiger partial charge in [-0.3, -0.25) is 0 Å². The third-order valence-electron chi connectivity index (χ3n) is 3.31. The molecule has 0 unspecified atom stereocenters. The molecule has 0 atom stereocenters. The molecule has 0 bridgehead atoms. The summed E-state index contributed by atoms with van der Waals surface area (Å²) in [5.74, 6) is 1.70. The van der Waals surface area contributed by atoms with Crippen molar-refractivity contribution in [2.45, 2.75) is 13.5 Å². The first-order chi connectivity index (χ1) is 9.74. The maximum Gasteiger partial charge on any atom is 0.166 e. The fourth-order valence-corrected chi connectivity index (χ4v) is 2.76. The van der Waals surface area contributed by atoms with Gasteiger partial charge in [-0.05, 0) is 36.8 Å². The first-order valence-corrected chi connectivity index (χ1v) is 7.41. The van der Waals surface area contributed by atoms with Gasteiger partial charge in [0.25, 0.3) is 0 Å². The molecule has 4 heteroatoms. The lowest BCUT2D eigenvalue weighted by Crippen LogP contribution is -2.17. The molecule has 3 rings (SSSR count). The van der Waals surface area contributed by atoms with Crippen molar-refractivity contribution < 1.29 is 9.47 Å². The smallest absolute Gasteiger partial charge is 0.166 e. The summed E-state index contributed by atoms with van der Waals surface area (Å²) in [6.45, 7) is 4.04. The molecule has 2 aromatic rings. The number of benzene rings is 2. The molecule has 0 radical (unpaired) electrons. The van der Waals surface area contributed by atoms with Gasteiger partial charge in [-0.15, -0.1) is 0 Å². The minimum absolute atomic E-state index is 0.612. The van der Waals surface area contributed by atoms with Crippen LogP contribution < -0.4 is 14.8 Å². The number of para-hydroxylation sites is 1. The normalized spacial score (nSPS) is 13.1. The largest absolute Gasteiger partial charge is 0.486 e. The number of hydrogen-bond acceptors (Lipinski definition) is 3. The third kappa shape index (κ3) is 2.75. The molecule has 0 aliphatic carbocycles. The Labute approximate surface area is 127 Å². The topological polar surface area (TPSA) is 30.5 Å². The second-order valence-corrected chi connectivity index (χ2v) is 5.67. The van der Waals surface area contributed by atoms with E-state index in [9.17, 15) is 0 Å². The average molecular weight is 334 g/mol. The Kier molecular flexibility index (Phi) is 3.83. The monoisotopic (exact) mass is 333 g/mol. The van der Waals surface area contributed by atoms with Gasteiger partial charge in [0.2, 0.25) is 0 Å². The van der Waals surface area contributed by atoms with E-state index in [4.69, 9.17) is 9.47 Å². The molecule has 0 saturated heterocycles. The van der Waals surface area contributed by atoms with Gasteiger partial charge in [0, 0.05) is 22.3 Å². The molecular formula is C16H16BrNO2. The number of hydrogen-bond donors (Lipinski definition) is 1. The van der Waals surface area contributed by atoms with Gasteiger partial charge in [-0.2, -0.15) is 0 Å². The number of ether oxygens (including phenoxy) is 2. The van der Waals surface area contributed by atoms with Crippen molar-refractivity contribution in [1.29, 1.82) is 0 Å². The van der Waals surface area contributed by atoms with Gasteiger partial charge in [0.15, 0.2) is 11.5 Å². The van der Waals surface area contributed by atoms with E-state index in [0.29, 0.717) is 13.2 Å². The quantitative estimate of drug-likeness (QED) is 0.915. The fraction of sp³-hybridized carbons (Fsp3) is 0.250. The molecule has 1 aliphatic heterocycles. The molecular weight excluding hydrogens is 318 g/mol. The SMILES string of the molecule is Cc1cc(Br)ccc1NCc1cccc2c1OCCO2. The van der Waals surface area contributed by atoms with Crippen LogP contribution >= 0.6 is 15.9 Å². The van der Waals surface area contributed by atoms with E-state index in [0.717, 1.165) is 33.8 Å². The van der Waals surface area contributed by atoms with Crippen LogP contribution in [0.4, 0.5) is 5.69 Å². The molecule has 0 aromatic heterocycles. The fourth-order valence-electron chi connectivity index (χ4n) is 2.29. The van der Waals surface area contributed by atoms with Crippen LogP contribution in [0.3, 0.4) is 0 Å². The molecule has 1 heterocycles. The lowest BCUT2D eigenvalue weighted by atomic mass is 10.1. The summed E-state index contributed by atoms with van der Waals surface area (Å²) >= 11 is 3.48. The van der Waals surface area contributed by atoms with E-state index in [1.165, 1.54) is 5.56 Å². The van der Waals surface area contributed by atoms with E-state index in [1.54, 1.807) is 0 Å². The number of nitrogens with one attached hydrogen (secondary N) is 1. The van der Waals surface area contributed by atoms with Crippen molar-refractivity contribution in [3.05, 3.63) is 52.0 Å². The predicted octanol–water partition coefficient (Wildman–Crippen LogP) is 4.14. The van der Waals surface area contributed by atoms with Gasteiger partial charge in [-0.1, -0.05) is 28.1 Å². The van der Waals surface area contributed by atoms with Crippen LogP contribution in [0.15, 0.2) is 40.9 Å². The number of fused-ring (bicyclic) bond motifs is 1. The summed E-state index contributed by atoms with van der Waals surface area (Å²) in [6, 6.07) is 12.2. The van der Waals surface area contributed by atoms with Crippen LogP contribution in [0.1, 0.15) is 11.1 Å². The standard InChI is InChI=1S/C16H16BrNO2/c1-11-9-13(17)5-6-14(11)18-10-12-3-2-4-15-16(12)20-8-7-19-15/h2-6,9,18H,7-8,10H2,1H3. The number of aryl methyl sites for hydroxylation is 1. The molecule has 2 aromatic carbocycles. The van der Waals surface area contributed by atoms with Crippen molar-refractivity contribution in [2.24, 2.45) is 0 Å². The maximum absolute atomic E-state index is 5.72. The highest BCUT2D eigenvalue weighted by Crippen LogP contribution is 2.34. The van der Waals surface area contributed by atoms with Crippen molar-refractivity contribution in [3.8, 4) is 11.5 Å². The van der Waals surface area contributed by atoms with Gasteiger partial charge < -0.3 is 14.8 Å². The summed E-state index contributed by atoms with van der Waals surface area (Å²) in [7, 11) is 0. The van der Waals surface area contributed by atoms with E-state index >= 15 is 0 Å². The first kappa shape index (κ1) is 13.3. The number of rotatable bonds is 3. The van der Waals surface area contributed by atoms with Gasteiger partial charge in [-0.25, -0.2) is 0 Å². The number of halogens is 1. The molecule has 3 nitrogen and oxygen atoms in total. The summed E-state index contributed by atoms with van der Waals surface area (Å²) < 4.78 is 12.4. The molecule has 0 saturated carbocycles. The molecule has 104 valence electrons. The molecule has 0 spiro atoms. The lowest BCUT2D eigenvalue weighted by molar-refractivity contribution is 0.170. The molecule has 1 aliphatic rings. The molecule has 20 heavy (non-hydrogen) atoms. The van der Waals surface area contributed by atoms with Crippen molar-refractivity contribution in [3.63, 3.8) is 0 Å². The van der Waals surface area contributed by atoms with Crippen LogP contribution in [-0.2, 0) is 6.54 Å². The Morgan fingerprint density at radius 1 is 1.15 bits per heavy atom. The van der Waals surface area contributed by atoms with Crippen LogP contribution in [0.5, 0.6) is 11.5 Å². The van der Waals surface area contributed by atoms with Crippen molar-refractivity contribution in [2.75, 3.05) is 18.5 Å². The van der Waals surface area contributed by atoms with Crippen LogP contribution in [-0.4, -0.2) is 13.2 Å². The zero-order valence-corrected chi connectivity index (χ0v) is 12.9. The summed E-state index contributed by atoms with van der Waals surface area (Å²) in [5.41, 5.74) is 3.45. The summed E-state index contributed by atoms with van der Waals surface area (Å²) in [5, 5.41) is 3.45.